The van der Waals surface area contributed by atoms with E-state index in [4.69, 9.17) is 28.9 Å². The van der Waals surface area contributed by atoms with Crippen LogP contribution in [0.2, 0.25) is 10.3 Å². The van der Waals surface area contributed by atoms with Crippen LogP contribution in [0, 0.1) is 10.1 Å². The summed E-state index contributed by atoms with van der Waals surface area (Å²) in [6, 6.07) is 3.18. The summed E-state index contributed by atoms with van der Waals surface area (Å²) >= 11 is 11.5. The fourth-order valence-electron chi connectivity index (χ4n) is 1.21. The molecule has 1 rings (SSSR count). The molecule has 0 bridgehead atoms. The summed E-state index contributed by atoms with van der Waals surface area (Å²) in [5.74, 6) is 0. The van der Waals surface area contributed by atoms with Crippen LogP contribution >= 0.6 is 23.2 Å². The zero-order valence-electron chi connectivity index (χ0n) is 8.93. The maximum atomic E-state index is 10.6. The van der Waals surface area contributed by atoms with Crippen molar-refractivity contribution in [3.05, 3.63) is 38.1 Å². The van der Waals surface area contributed by atoms with Crippen LogP contribution in [0.15, 0.2) is 17.1 Å². The van der Waals surface area contributed by atoms with Crippen LogP contribution in [0.1, 0.15) is 5.56 Å². The lowest BCUT2D eigenvalue weighted by molar-refractivity contribution is -0.501. The molecular weight excluding hydrogens is 267 g/mol. The molecule has 0 aliphatic rings. The minimum atomic E-state index is -1.34. The molecule has 1 aromatic heterocycles. The number of nitrogens with two attached hydrogens (primary N) is 1. The van der Waals surface area contributed by atoms with E-state index in [2.05, 4.69) is 9.98 Å². The summed E-state index contributed by atoms with van der Waals surface area (Å²) in [5.41, 5.74) is 6.19. The van der Waals surface area contributed by atoms with Crippen molar-refractivity contribution in [2.24, 2.45) is 10.7 Å². The number of aliphatic imine (C=N–C) groups is 1. The van der Waals surface area contributed by atoms with Gasteiger partial charge in [0.15, 0.2) is 0 Å². The van der Waals surface area contributed by atoms with Gasteiger partial charge in [-0.2, -0.15) is 0 Å². The second kappa shape index (κ2) is 5.90. The minimum absolute atomic E-state index is 0.168. The zero-order valence-corrected chi connectivity index (χ0v) is 10.4. The zero-order chi connectivity index (χ0) is 13.0. The Balaban J connectivity index is 2.93. The predicted molar refractivity (Wildman–Crippen MR) is 66.3 cm³/mol. The fraction of sp³-hybridized carbons (Fsp3) is 0.333. The molecule has 0 aromatic carbocycles. The van der Waals surface area contributed by atoms with Gasteiger partial charge in [-0.15, -0.1) is 0 Å². The van der Waals surface area contributed by atoms with E-state index in [-0.39, 0.29) is 22.4 Å². The van der Waals surface area contributed by atoms with Gasteiger partial charge in [-0.3, -0.25) is 20.8 Å². The molecule has 0 aliphatic carbocycles. The normalized spacial score (nSPS) is 13.5. The largest absolute Gasteiger partial charge is 0.302 e. The topological polar surface area (TPSA) is 94.4 Å². The van der Waals surface area contributed by atoms with Gasteiger partial charge in [0.05, 0.1) is 0 Å². The second-order valence-corrected chi connectivity index (χ2v) is 3.95. The highest BCUT2D eigenvalue weighted by Crippen LogP contribution is 2.17. The Morgan fingerprint density at radius 1 is 1.65 bits per heavy atom. The van der Waals surface area contributed by atoms with Gasteiger partial charge in [0.1, 0.15) is 16.0 Å². The highest BCUT2D eigenvalue weighted by atomic mass is 35.5. The molecule has 0 saturated carbocycles. The van der Waals surface area contributed by atoms with Crippen molar-refractivity contribution < 1.29 is 4.92 Å². The third-order valence-corrected chi connectivity index (χ3v) is 2.66. The molecule has 17 heavy (non-hydrogen) atoms. The van der Waals surface area contributed by atoms with Gasteiger partial charge in [0, 0.05) is 18.4 Å². The van der Waals surface area contributed by atoms with Crippen LogP contribution in [-0.2, 0) is 6.42 Å². The summed E-state index contributed by atoms with van der Waals surface area (Å²) in [5, 5.41) is 11.0. The third-order valence-electron chi connectivity index (χ3n) is 2.12. The predicted octanol–water partition coefficient (Wildman–Crippen LogP) is 1.56. The van der Waals surface area contributed by atoms with Gasteiger partial charge in [-0.1, -0.05) is 29.3 Å². The van der Waals surface area contributed by atoms with E-state index in [9.17, 15) is 10.1 Å². The molecule has 0 saturated heterocycles. The fourth-order valence-corrected chi connectivity index (χ4v) is 1.62. The quantitative estimate of drug-likeness (QED) is 0.297. The minimum Gasteiger partial charge on any atom is -0.288 e. The van der Waals surface area contributed by atoms with E-state index < -0.39 is 11.1 Å². The monoisotopic (exact) mass is 276 g/mol. The molecule has 92 valence electrons. The van der Waals surface area contributed by atoms with Crippen molar-refractivity contribution in [2.45, 2.75) is 12.6 Å². The highest BCUT2D eigenvalue weighted by molar-refractivity contribution is 6.33. The summed E-state index contributed by atoms with van der Waals surface area (Å²) in [4.78, 5) is 17.6. The Hall–Kier alpha value is -1.24. The van der Waals surface area contributed by atoms with Crippen molar-refractivity contribution in [3.63, 3.8) is 0 Å². The van der Waals surface area contributed by atoms with Crippen molar-refractivity contribution in [2.75, 3.05) is 7.05 Å². The first-order valence-electron chi connectivity index (χ1n) is 4.61. The Kier molecular flexibility index (Phi) is 4.80. The summed E-state index contributed by atoms with van der Waals surface area (Å²) in [6.07, 6.45) is -1.17. The van der Waals surface area contributed by atoms with Crippen molar-refractivity contribution in [1.82, 2.24) is 4.98 Å². The van der Waals surface area contributed by atoms with Crippen LogP contribution < -0.4 is 5.73 Å². The molecule has 8 heteroatoms. The molecule has 6 nitrogen and oxygen atoms in total. The first-order valence-corrected chi connectivity index (χ1v) is 5.37. The van der Waals surface area contributed by atoms with E-state index in [1.807, 2.05) is 0 Å². The molecule has 0 radical (unpaired) electrons. The van der Waals surface area contributed by atoms with Crippen molar-refractivity contribution in [1.29, 1.82) is 0 Å². The van der Waals surface area contributed by atoms with E-state index in [1.165, 1.54) is 7.05 Å². The first-order chi connectivity index (χ1) is 7.95. The van der Waals surface area contributed by atoms with Crippen molar-refractivity contribution in [3.8, 4) is 0 Å². The van der Waals surface area contributed by atoms with Gasteiger partial charge in [-0.05, 0) is 11.6 Å². The van der Waals surface area contributed by atoms with Crippen LogP contribution in [-0.4, -0.2) is 28.8 Å². The maximum Gasteiger partial charge on any atom is 0.302 e. The molecule has 1 heterocycles. The maximum absolute atomic E-state index is 10.6. The van der Waals surface area contributed by atoms with E-state index in [0.29, 0.717) is 5.56 Å². The molecule has 0 fully saturated rings. The number of aromatic nitrogens is 1. The number of pyridine rings is 1. The van der Waals surface area contributed by atoms with Crippen LogP contribution in [0.5, 0.6) is 0 Å². The molecule has 2 N–H and O–H groups in total. The Bertz CT molecular complexity index is 464. The van der Waals surface area contributed by atoms with Gasteiger partial charge in [-0.25, -0.2) is 4.98 Å². The average Bonchev–Trinajstić information content (AvgIpc) is 2.27. The standard InChI is InChI=1S/C9H10Cl2N4O2/c1-13-6(9(12)15(16)17)4-5-2-3-7(10)14-8(5)11/h2-3,9H,4,12H2,1H3. The first kappa shape index (κ1) is 13.8. The molecule has 0 aliphatic heterocycles. The smallest absolute Gasteiger partial charge is 0.288 e. The number of nitrogens with zero attached hydrogens (tertiary/aromatic N) is 3. The number of hydrogen-bond donors (Lipinski definition) is 1. The number of rotatable bonds is 4. The van der Waals surface area contributed by atoms with Crippen LogP contribution in [0.3, 0.4) is 0 Å². The van der Waals surface area contributed by atoms with Gasteiger partial charge < -0.3 is 0 Å². The Morgan fingerprint density at radius 2 is 2.29 bits per heavy atom. The highest BCUT2D eigenvalue weighted by Gasteiger charge is 2.22. The Morgan fingerprint density at radius 3 is 2.76 bits per heavy atom. The molecular formula is C9H10Cl2N4O2. The van der Waals surface area contributed by atoms with Crippen LogP contribution in [0.25, 0.3) is 0 Å². The summed E-state index contributed by atoms with van der Waals surface area (Å²) in [6.45, 7) is 0. The number of hydrogen-bond acceptors (Lipinski definition) is 5. The second-order valence-electron chi connectivity index (χ2n) is 3.21. The third kappa shape index (κ3) is 3.62. The molecule has 1 aromatic rings. The Labute approximate surface area is 108 Å². The lowest BCUT2D eigenvalue weighted by atomic mass is 10.1. The summed E-state index contributed by atoms with van der Waals surface area (Å²) in [7, 11) is 1.44. The molecule has 0 amide bonds. The van der Waals surface area contributed by atoms with E-state index >= 15 is 0 Å². The number of nitro groups is 1. The lowest BCUT2D eigenvalue weighted by Gasteiger charge is -2.08. The molecule has 0 spiro atoms. The van der Waals surface area contributed by atoms with E-state index in [0.717, 1.165) is 0 Å². The molecule has 1 atom stereocenters. The SMILES string of the molecule is CN=C(Cc1ccc(Cl)nc1Cl)C(N)[N+](=O)[O-]. The van der Waals surface area contributed by atoms with Gasteiger partial charge in [0.25, 0.3) is 0 Å². The van der Waals surface area contributed by atoms with Crippen LogP contribution in [0.4, 0.5) is 0 Å². The number of halogens is 2. The van der Waals surface area contributed by atoms with Gasteiger partial charge >= 0.3 is 6.17 Å². The molecule has 1 unspecified atom stereocenters. The van der Waals surface area contributed by atoms with Gasteiger partial charge in [0.2, 0.25) is 0 Å². The summed E-state index contributed by atoms with van der Waals surface area (Å²) < 4.78 is 0. The average molecular weight is 277 g/mol. The van der Waals surface area contributed by atoms with Crippen molar-refractivity contribution >= 4 is 28.9 Å². The lowest BCUT2D eigenvalue weighted by Crippen LogP contribution is -2.39. The van der Waals surface area contributed by atoms with E-state index in [1.54, 1.807) is 12.1 Å².